The van der Waals surface area contributed by atoms with Gasteiger partial charge >= 0.3 is 12.4 Å². The lowest BCUT2D eigenvalue weighted by Crippen LogP contribution is -2.11. The van der Waals surface area contributed by atoms with Crippen LogP contribution in [0.3, 0.4) is 0 Å². The van der Waals surface area contributed by atoms with Crippen molar-refractivity contribution in [3.05, 3.63) is 41.0 Å². The highest BCUT2D eigenvalue weighted by molar-refractivity contribution is 5.53. The number of benzene rings is 1. The van der Waals surface area contributed by atoms with Gasteiger partial charge in [0, 0.05) is 0 Å². The third kappa shape index (κ3) is 3.76. The minimum absolute atomic E-state index is 0.0362. The molecule has 0 aliphatic rings. The molecule has 0 aromatic heterocycles. The Labute approximate surface area is 98.4 Å². The van der Waals surface area contributed by atoms with Gasteiger partial charge < -0.3 is 0 Å². The zero-order chi connectivity index (χ0) is 14.0. The normalized spacial score (nSPS) is 13.3. The minimum Gasteiger partial charge on any atom is -0.232 e. The second-order valence-electron chi connectivity index (χ2n) is 3.41. The Bertz CT molecular complexity index is 412. The molecular formula is C11H7F6O. The highest BCUT2D eigenvalue weighted by Gasteiger charge is 2.36. The molecule has 1 nitrogen and oxygen atoms in total. The van der Waals surface area contributed by atoms with Crippen LogP contribution in [0.4, 0.5) is 26.3 Å². The van der Waals surface area contributed by atoms with E-state index in [0.29, 0.717) is 12.1 Å². The van der Waals surface area contributed by atoms with Gasteiger partial charge in [-0.1, -0.05) is 12.2 Å². The van der Waals surface area contributed by atoms with Gasteiger partial charge in [0.15, 0.2) is 0 Å². The Morgan fingerprint density at radius 2 is 1.33 bits per heavy atom. The number of alkyl halides is 6. The first kappa shape index (κ1) is 14.6. The van der Waals surface area contributed by atoms with Crippen LogP contribution < -0.4 is 0 Å². The van der Waals surface area contributed by atoms with Gasteiger partial charge in [0.2, 0.25) is 0 Å². The van der Waals surface area contributed by atoms with E-state index in [2.05, 4.69) is 0 Å². The molecule has 0 atom stereocenters. The topological polar surface area (TPSA) is 19.9 Å². The molecule has 99 valence electrons. The molecule has 0 saturated heterocycles. The number of rotatable bonds is 2. The molecule has 1 rings (SSSR count). The van der Waals surface area contributed by atoms with Gasteiger partial charge in [-0.05, 0) is 23.8 Å². The molecule has 7 heteroatoms. The summed E-state index contributed by atoms with van der Waals surface area (Å²) in [6.45, 7) is -0.725. The van der Waals surface area contributed by atoms with Crippen molar-refractivity contribution in [1.29, 1.82) is 0 Å². The van der Waals surface area contributed by atoms with E-state index in [9.17, 15) is 31.4 Å². The molecule has 0 saturated carbocycles. The Morgan fingerprint density at radius 3 is 1.67 bits per heavy atom. The molecule has 0 aliphatic heterocycles. The lowest BCUT2D eigenvalue weighted by molar-refractivity contribution is -0.143. The molecule has 1 aromatic rings. The maximum atomic E-state index is 12.4. The highest BCUT2D eigenvalue weighted by atomic mass is 19.4. The molecule has 1 aromatic carbocycles. The van der Waals surface area contributed by atoms with Crippen LogP contribution in [-0.2, 0) is 17.5 Å². The Morgan fingerprint density at radius 1 is 0.889 bits per heavy atom. The van der Waals surface area contributed by atoms with Crippen LogP contribution in [0.25, 0.3) is 6.08 Å². The quantitative estimate of drug-likeness (QED) is 0.718. The second-order valence-corrected chi connectivity index (χ2v) is 3.41. The highest BCUT2D eigenvalue weighted by Crippen LogP contribution is 2.36. The summed E-state index contributed by atoms with van der Waals surface area (Å²) >= 11 is 0. The number of halogens is 6. The predicted octanol–water partition coefficient (Wildman–Crippen LogP) is 4.17. The summed E-state index contributed by atoms with van der Waals surface area (Å²) in [6, 6.07) is 1.15. The summed E-state index contributed by atoms with van der Waals surface area (Å²) in [5.41, 5.74) is -3.11. The van der Waals surface area contributed by atoms with Crippen molar-refractivity contribution in [2.75, 3.05) is 6.61 Å². The third-order valence-corrected chi connectivity index (χ3v) is 2.02. The zero-order valence-corrected chi connectivity index (χ0v) is 8.77. The molecular weight excluding hydrogens is 262 g/mol. The largest absolute Gasteiger partial charge is 0.416 e. The maximum absolute atomic E-state index is 12.4. The summed E-state index contributed by atoms with van der Waals surface area (Å²) in [4.78, 5) is 0. The fraction of sp³-hybridized carbons (Fsp3) is 0.273. The molecule has 0 unspecified atom stereocenters. The summed E-state index contributed by atoms with van der Waals surface area (Å²) in [5.74, 6) is 0. The Balaban J connectivity index is 3.34. The zero-order valence-electron chi connectivity index (χ0n) is 8.77. The van der Waals surface area contributed by atoms with E-state index in [1.165, 1.54) is 0 Å². The fourth-order valence-corrected chi connectivity index (χ4v) is 1.26. The average molecular weight is 269 g/mol. The van der Waals surface area contributed by atoms with Crippen LogP contribution in [-0.4, -0.2) is 6.61 Å². The number of hydrogen-bond donors (Lipinski definition) is 0. The van der Waals surface area contributed by atoms with Crippen molar-refractivity contribution in [2.45, 2.75) is 12.4 Å². The van der Waals surface area contributed by atoms with Crippen LogP contribution in [0.5, 0.6) is 0 Å². The van der Waals surface area contributed by atoms with Crippen molar-refractivity contribution in [2.24, 2.45) is 0 Å². The Hall–Kier alpha value is -1.50. The molecule has 0 amide bonds. The van der Waals surface area contributed by atoms with Gasteiger partial charge in [0.25, 0.3) is 0 Å². The van der Waals surface area contributed by atoms with Crippen molar-refractivity contribution in [1.82, 2.24) is 0 Å². The molecule has 0 bridgehead atoms. The minimum atomic E-state index is -4.87. The van der Waals surface area contributed by atoms with E-state index in [1.54, 1.807) is 0 Å². The van der Waals surface area contributed by atoms with Crippen LogP contribution in [0.2, 0.25) is 0 Å². The lowest BCUT2D eigenvalue weighted by atomic mass is 10.0. The molecule has 1 radical (unpaired) electrons. The van der Waals surface area contributed by atoms with Crippen LogP contribution in [0.15, 0.2) is 24.3 Å². The van der Waals surface area contributed by atoms with Crippen LogP contribution >= 0.6 is 0 Å². The first-order chi connectivity index (χ1) is 8.14. The maximum Gasteiger partial charge on any atom is 0.416 e. The molecule has 0 fully saturated rings. The van der Waals surface area contributed by atoms with Gasteiger partial charge in [-0.15, -0.1) is 0 Å². The van der Waals surface area contributed by atoms with Crippen LogP contribution in [0, 0.1) is 0 Å². The van der Waals surface area contributed by atoms with Gasteiger partial charge in [-0.3, -0.25) is 0 Å². The van der Waals surface area contributed by atoms with E-state index in [0.717, 1.165) is 12.2 Å². The predicted molar refractivity (Wildman–Crippen MR) is 51.0 cm³/mol. The smallest absolute Gasteiger partial charge is 0.232 e. The SMILES string of the molecule is [O]CC=Cc1cc(C(F)(F)F)cc(C(F)(F)F)c1. The van der Waals surface area contributed by atoms with Crippen molar-refractivity contribution in [3.63, 3.8) is 0 Å². The van der Waals surface area contributed by atoms with Gasteiger partial charge in [0.05, 0.1) is 11.1 Å². The molecule has 0 N–H and O–H groups in total. The van der Waals surface area contributed by atoms with E-state index in [1.807, 2.05) is 0 Å². The second kappa shape index (κ2) is 5.01. The lowest BCUT2D eigenvalue weighted by Gasteiger charge is -2.12. The monoisotopic (exact) mass is 269 g/mol. The summed E-state index contributed by atoms with van der Waals surface area (Å²) in [7, 11) is 0. The van der Waals surface area contributed by atoms with Gasteiger partial charge in [-0.2, -0.15) is 26.3 Å². The van der Waals surface area contributed by atoms with Crippen molar-refractivity contribution < 1.29 is 31.4 Å². The summed E-state index contributed by atoms with van der Waals surface area (Å²) in [6.07, 6.45) is -7.88. The molecule has 0 heterocycles. The van der Waals surface area contributed by atoms with E-state index in [-0.39, 0.29) is 11.6 Å². The molecule has 0 aliphatic carbocycles. The number of hydrogen-bond acceptors (Lipinski definition) is 0. The van der Waals surface area contributed by atoms with E-state index in [4.69, 9.17) is 0 Å². The Kier molecular flexibility index (Phi) is 4.05. The summed E-state index contributed by atoms with van der Waals surface area (Å²) in [5, 5.41) is 10.1. The first-order valence-corrected chi connectivity index (χ1v) is 4.68. The third-order valence-electron chi connectivity index (χ3n) is 2.02. The standard InChI is InChI=1S/C11H7F6O/c12-10(13,14)8-4-7(2-1-3-18)5-9(6-8)11(15,16)17/h1-2,4-6H,3H2. The van der Waals surface area contributed by atoms with Gasteiger partial charge in [0.1, 0.15) is 6.61 Å². The van der Waals surface area contributed by atoms with Crippen molar-refractivity contribution >= 4 is 6.08 Å². The first-order valence-electron chi connectivity index (χ1n) is 4.68. The van der Waals surface area contributed by atoms with Crippen molar-refractivity contribution in [3.8, 4) is 0 Å². The average Bonchev–Trinajstić information content (AvgIpc) is 2.23. The van der Waals surface area contributed by atoms with Crippen LogP contribution in [0.1, 0.15) is 16.7 Å². The molecule has 18 heavy (non-hydrogen) atoms. The van der Waals surface area contributed by atoms with Gasteiger partial charge in [-0.25, -0.2) is 5.11 Å². The molecule has 0 spiro atoms. The van der Waals surface area contributed by atoms with E-state index < -0.39 is 30.1 Å². The fourth-order valence-electron chi connectivity index (χ4n) is 1.26. The van der Waals surface area contributed by atoms with E-state index >= 15 is 0 Å². The summed E-state index contributed by atoms with van der Waals surface area (Å²) < 4.78 is 74.4.